The second-order valence-electron chi connectivity index (χ2n) is 11.8. The first-order valence-corrected chi connectivity index (χ1v) is 12.9. The Morgan fingerprint density at radius 3 is 2.38 bits per heavy atom. The molecule has 0 amide bonds. The van der Waals surface area contributed by atoms with Crippen LogP contribution in [0.1, 0.15) is 74.1 Å². The van der Waals surface area contributed by atoms with E-state index in [4.69, 9.17) is 18.9 Å². The molecule has 1 heterocycles. The number of aliphatic hydroxyl groups is 1. The fourth-order valence-corrected chi connectivity index (χ4v) is 7.33. The summed E-state index contributed by atoms with van der Waals surface area (Å²) in [7, 11) is 0. The van der Waals surface area contributed by atoms with Crippen molar-refractivity contribution in [2.75, 3.05) is 6.61 Å². The smallest absolute Gasteiger partial charge is 0.333 e. The van der Waals surface area contributed by atoms with Crippen molar-refractivity contribution >= 4 is 11.9 Å². The summed E-state index contributed by atoms with van der Waals surface area (Å²) >= 11 is 0. The van der Waals surface area contributed by atoms with Crippen LogP contribution < -0.4 is 0 Å². The number of carbonyl (C=O) groups is 2. The van der Waals surface area contributed by atoms with Gasteiger partial charge in [-0.3, -0.25) is 4.79 Å². The second kappa shape index (κ2) is 9.21. The lowest BCUT2D eigenvalue weighted by atomic mass is 9.74. The van der Waals surface area contributed by atoms with E-state index in [9.17, 15) is 14.7 Å². The average Bonchev–Trinajstić information content (AvgIpc) is 3.14. The van der Waals surface area contributed by atoms with E-state index in [0.29, 0.717) is 34.7 Å². The molecule has 0 radical (unpaired) electrons. The summed E-state index contributed by atoms with van der Waals surface area (Å²) in [6.07, 6.45) is 1.80. The van der Waals surface area contributed by atoms with E-state index in [-0.39, 0.29) is 6.61 Å². The van der Waals surface area contributed by atoms with E-state index in [1.165, 1.54) is 13.3 Å². The molecule has 192 valence electrons. The molecule has 0 unspecified atom stereocenters. The average molecular weight is 479 g/mol. The third-order valence-electron chi connectivity index (χ3n) is 9.43. The van der Waals surface area contributed by atoms with Crippen LogP contribution in [-0.4, -0.2) is 53.9 Å². The van der Waals surface area contributed by atoms with Crippen molar-refractivity contribution in [1.82, 2.24) is 0 Å². The van der Waals surface area contributed by atoms with Gasteiger partial charge in [0.2, 0.25) is 0 Å². The second-order valence-corrected chi connectivity index (χ2v) is 11.8. The molecule has 0 aromatic carbocycles. The maximum absolute atomic E-state index is 12.5. The summed E-state index contributed by atoms with van der Waals surface area (Å²) < 4.78 is 23.8. The third-order valence-corrected chi connectivity index (χ3v) is 9.43. The molecule has 3 saturated carbocycles. The van der Waals surface area contributed by atoms with Gasteiger partial charge < -0.3 is 24.1 Å². The number of hydrogen-bond donors (Lipinski definition) is 1. The molecule has 1 saturated heterocycles. The molecule has 1 aliphatic heterocycles. The standard InChI is InChI=1S/C27H42O7/c1-8-14(2)24(30)33-22-19(29)13-31-25(23(22)32-16(4)28)34-27(7)12-11-18-21(26(18,5)6)20-15(3)9-10-17(20)27/h8,15,17-23,25,29H,9-13H2,1-7H3/b14-8-/t15-,17+,18-,19-,20-,21-,22+,23-,25+,27-/m1/s1. The third kappa shape index (κ3) is 4.44. The summed E-state index contributed by atoms with van der Waals surface area (Å²) in [6.45, 7) is 14.0. The van der Waals surface area contributed by atoms with Crippen molar-refractivity contribution in [2.24, 2.45) is 35.0 Å². The summed E-state index contributed by atoms with van der Waals surface area (Å²) in [5.74, 6) is 1.96. The Morgan fingerprint density at radius 2 is 1.74 bits per heavy atom. The molecule has 0 aromatic heterocycles. The Morgan fingerprint density at radius 1 is 1.03 bits per heavy atom. The Kier molecular flexibility index (Phi) is 6.95. The first-order chi connectivity index (χ1) is 15.9. The van der Waals surface area contributed by atoms with Gasteiger partial charge in [-0.05, 0) is 75.0 Å². The van der Waals surface area contributed by atoms with Crippen molar-refractivity contribution < 1.29 is 33.6 Å². The molecule has 3 aliphatic carbocycles. The minimum Gasteiger partial charge on any atom is -0.453 e. The van der Waals surface area contributed by atoms with Crippen molar-refractivity contribution in [2.45, 2.75) is 104 Å². The number of aliphatic hydroxyl groups excluding tert-OH is 1. The number of fused-ring (bicyclic) bond motifs is 3. The van der Waals surface area contributed by atoms with Crippen LogP contribution in [0.5, 0.6) is 0 Å². The Labute approximate surface area is 203 Å². The fraction of sp³-hybridized carbons (Fsp3) is 0.852. The molecule has 0 aromatic rings. The quantitative estimate of drug-likeness (QED) is 0.471. The van der Waals surface area contributed by atoms with Gasteiger partial charge >= 0.3 is 11.9 Å². The van der Waals surface area contributed by atoms with Crippen molar-refractivity contribution in [3.05, 3.63) is 11.6 Å². The molecule has 4 aliphatic rings. The summed E-state index contributed by atoms with van der Waals surface area (Å²) in [5.41, 5.74) is 0.356. The molecule has 7 nitrogen and oxygen atoms in total. The van der Waals surface area contributed by atoms with Crippen LogP contribution in [0, 0.1) is 35.0 Å². The number of ether oxygens (including phenoxy) is 4. The minimum atomic E-state index is -1.12. The van der Waals surface area contributed by atoms with E-state index in [1.54, 1.807) is 19.9 Å². The lowest BCUT2D eigenvalue weighted by molar-refractivity contribution is -0.312. The molecule has 10 atom stereocenters. The SMILES string of the molecule is C/C=C(/C)C(=O)O[C@@H]1[C@@H](OC(C)=O)[C@H](O[C@]2(C)CC[C@@H]3[C@H]([C@@H]4[C@H](C)CC[C@@H]42)C3(C)C)OC[C@H]1O. The minimum absolute atomic E-state index is 0.0614. The number of esters is 2. The Balaban J connectivity index is 1.58. The van der Waals surface area contributed by atoms with Crippen molar-refractivity contribution in [3.8, 4) is 0 Å². The van der Waals surface area contributed by atoms with E-state index in [2.05, 4.69) is 27.7 Å². The highest BCUT2D eigenvalue weighted by atomic mass is 16.7. The van der Waals surface area contributed by atoms with Gasteiger partial charge in [0.05, 0.1) is 12.2 Å². The van der Waals surface area contributed by atoms with Crippen molar-refractivity contribution in [1.29, 1.82) is 0 Å². The highest BCUT2D eigenvalue weighted by Crippen LogP contribution is 2.71. The number of allylic oxidation sites excluding steroid dienone is 1. The van der Waals surface area contributed by atoms with Gasteiger partial charge in [-0.1, -0.05) is 33.3 Å². The predicted octanol–water partition coefficient (Wildman–Crippen LogP) is 4.02. The summed E-state index contributed by atoms with van der Waals surface area (Å²) in [4.78, 5) is 24.5. The zero-order valence-corrected chi connectivity index (χ0v) is 21.7. The molecular formula is C27H42O7. The predicted molar refractivity (Wildman–Crippen MR) is 125 cm³/mol. The van der Waals surface area contributed by atoms with Crippen LogP contribution in [0.2, 0.25) is 0 Å². The monoisotopic (exact) mass is 478 g/mol. The van der Waals surface area contributed by atoms with E-state index >= 15 is 0 Å². The van der Waals surface area contributed by atoms with Crippen LogP contribution in [0.4, 0.5) is 0 Å². The maximum Gasteiger partial charge on any atom is 0.333 e. The zero-order valence-electron chi connectivity index (χ0n) is 21.7. The maximum atomic E-state index is 12.5. The van der Waals surface area contributed by atoms with E-state index in [0.717, 1.165) is 25.2 Å². The van der Waals surface area contributed by atoms with Gasteiger partial charge in [0.15, 0.2) is 18.5 Å². The summed E-state index contributed by atoms with van der Waals surface area (Å²) in [6, 6.07) is 0. The van der Waals surface area contributed by atoms with Crippen LogP contribution >= 0.6 is 0 Å². The number of carbonyl (C=O) groups excluding carboxylic acids is 2. The first kappa shape index (κ1) is 25.6. The van der Waals surface area contributed by atoms with E-state index < -0.39 is 42.1 Å². The molecular weight excluding hydrogens is 436 g/mol. The van der Waals surface area contributed by atoms with Gasteiger partial charge in [-0.25, -0.2) is 4.79 Å². The highest BCUT2D eigenvalue weighted by Gasteiger charge is 2.67. The van der Waals surface area contributed by atoms with Gasteiger partial charge in [-0.15, -0.1) is 0 Å². The van der Waals surface area contributed by atoms with Crippen LogP contribution in [0.25, 0.3) is 0 Å². The highest BCUT2D eigenvalue weighted by molar-refractivity contribution is 5.87. The molecule has 4 fully saturated rings. The molecule has 4 rings (SSSR count). The topological polar surface area (TPSA) is 91.3 Å². The molecule has 0 bridgehead atoms. The van der Waals surface area contributed by atoms with Gasteiger partial charge in [-0.2, -0.15) is 0 Å². The van der Waals surface area contributed by atoms with Gasteiger partial charge in [0, 0.05) is 12.5 Å². The Bertz CT molecular complexity index is 835. The molecule has 34 heavy (non-hydrogen) atoms. The lowest BCUT2D eigenvalue weighted by Crippen LogP contribution is -2.59. The Hall–Kier alpha value is -1.44. The molecule has 1 N–H and O–H groups in total. The lowest BCUT2D eigenvalue weighted by Gasteiger charge is -2.46. The van der Waals surface area contributed by atoms with Gasteiger partial charge in [0.1, 0.15) is 6.10 Å². The van der Waals surface area contributed by atoms with Crippen LogP contribution in [0.3, 0.4) is 0 Å². The molecule has 0 spiro atoms. The summed E-state index contributed by atoms with van der Waals surface area (Å²) in [5, 5.41) is 10.6. The first-order valence-electron chi connectivity index (χ1n) is 12.9. The normalized spacial score (nSPS) is 45.5. The number of rotatable bonds is 5. The number of hydrogen-bond acceptors (Lipinski definition) is 7. The largest absolute Gasteiger partial charge is 0.453 e. The molecule has 7 heteroatoms. The van der Waals surface area contributed by atoms with Gasteiger partial charge in [0.25, 0.3) is 0 Å². The zero-order chi connectivity index (χ0) is 25.0. The van der Waals surface area contributed by atoms with Crippen molar-refractivity contribution in [3.63, 3.8) is 0 Å². The van der Waals surface area contributed by atoms with Crippen LogP contribution in [0.15, 0.2) is 11.6 Å². The fourth-order valence-electron chi connectivity index (χ4n) is 7.33. The van der Waals surface area contributed by atoms with Crippen LogP contribution in [-0.2, 0) is 28.5 Å². The van der Waals surface area contributed by atoms with E-state index in [1.807, 2.05) is 0 Å².